The lowest BCUT2D eigenvalue weighted by Gasteiger charge is -2.19. The third kappa shape index (κ3) is 3.11. The maximum Gasteiger partial charge on any atom is 0.258 e. The van der Waals surface area contributed by atoms with Crippen molar-refractivity contribution in [2.75, 3.05) is 23.4 Å². The molecule has 0 bridgehead atoms. The summed E-state index contributed by atoms with van der Waals surface area (Å²) in [4.78, 5) is 27.7. The van der Waals surface area contributed by atoms with Gasteiger partial charge in [0.25, 0.3) is 5.91 Å². The summed E-state index contributed by atoms with van der Waals surface area (Å²) in [6.07, 6.45) is 1.51. The average molecular weight is 308 g/mol. The van der Waals surface area contributed by atoms with E-state index in [1.165, 1.54) is 0 Å². The Morgan fingerprint density at radius 3 is 2.26 bits per heavy atom. The predicted octanol–water partition coefficient (Wildman–Crippen LogP) is 3.40. The molecule has 1 fully saturated rings. The Morgan fingerprint density at radius 1 is 1.04 bits per heavy atom. The van der Waals surface area contributed by atoms with Gasteiger partial charge in [-0.25, -0.2) is 0 Å². The Balaban J connectivity index is 1.77. The zero-order valence-electron chi connectivity index (χ0n) is 13.5. The van der Waals surface area contributed by atoms with Gasteiger partial charge in [-0.2, -0.15) is 0 Å². The summed E-state index contributed by atoms with van der Waals surface area (Å²) in [5.41, 5.74) is 3.50. The van der Waals surface area contributed by atoms with Crippen LogP contribution in [-0.2, 0) is 4.79 Å². The standard InChI is InChI=1S/C19H20N2O2/c1-14-5-9-16(10-6-14)20(2)19(23)15-7-11-17(12-8-15)21-13-3-4-18(21)22/h5-12H,3-4,13H2,1-2H3. The zero-order chi connectivity index (χ0) is 16.4. The highest BCUT2D eigenvalue weighted by molar-refractivity contribution is 6.06. The van der Waals surface area contributed by atoms with Gasteiger partial charge < -0.3 is 9.80 Å². The lowest BCUT2D eigenvalue weighted by atomic mass is 10.1. The molecular formula is C19H20N2O2. The van der Waals surface area contributed by atoms with E-state index < -0.39 is 0 Å². The van der Waals surface area contributed by atoms with Crippen molar-refractivity contribution in [3.63, 3.8) is 0 Å². The number of carbonyl (C=O) groups excluding carboxylic acids is 2. The van der Waals surface area contributed by atoms with Gasteiger partial charge in [-0.15, -0.1) is 0 Å². The summed E-state index contributed by atoms with van der Waals surface area (Å²) in [5.74, 6) is 0.0917. The second kappa shape index (κ2) is 6.24. The highest BCUT2D eigenvalue weighted by Crippen LogP contribution is 2.23. The first-order valence-corrected chi connectivity index (χ1v) is 7.81. The van der Waals surface area contributed by atoms with Crippen molar-refractivity contribution in [3.05, 3.63) is 59.7 Å². The molecule has 0 spiro atoms. The minimum atomic E-state index is -0.0619. The van der Waals surface area contributed by atoms with Gasteiger partial charge in [-0.1, -0.05) is 17.7 Å². The van der Waals surface area contributed by atoms with Gasteiger partial charge in [-0.3, -0.25) is 9.59 Å². The highest BCUT2D eigenvalue weighted by atomic mass is 16.2. The van der Waals surface area contributed by atoms with E-state index in [-0.39, 0.29) is 11.8 Å². The van der Waals surface area contributed by atoms with E-state index in [0.29, 0.717) is 12.0 Å². The smallest absolute Gasteiger partial charge is 0.258 e. The van der Waals surface area contributed by atoms with E-state index >= 15 is 0 Å². The summed E-state index contributed by atoms with van der Waals surface area (Å²) in [6.45, 7) is 2.78. The molecule has 1 aliphatic heterocycles. The Kier molecular flexibility index (Phi) is 4.15. The van der Waals surface area contributed by atoms with Gasteiger partial charge in [-0.05, 0) is 49.7 Å². The number of anilines is 2. The summed E-state index contributed by atoms with van der Waals surface area (Å²) in [7, 11) is 1.77. The fraction of sp³-hybridized carbons (Fsp3) is 0.263. The van der Waals surface area contributed by atoms with Crippen LogP contribution in [0.4, 0.5) is 11.4 Å². The van der Waals surface area contributed by atoms with Gasteiger partial charge in [0.05, 0.1) is 0 Å². The molecule has 0 N–H and O–H groups in total. The average Bonchev–Trinajstić information content (AvgIpc) is 3.00. The number of aryl methyl sites for hydroxylation is 1. The first kappa shape index (κ1) is 15.3. The van der Waals surface area contributed by atoms with Crippen LogP contribution in [0.25, 0.3) is 0 Å². The first-order valence-electron chi connectivity index (χ1n) is 7.81. The number of carbonyl (C=O) groups is 2. The number of amides is 2. The largest absolute Gasteiger partial charge is 0.312 e. The molecule has 2 amide bonds. The zero-order valence-corrected chi connectivity index (χ0v) is 13.5. The van der Waals surface area contributed by atoms with Crippen molar-refractivity contribution < 1.29 is 9.59 Å². The van der Waals surface area contributed by atoms with Crippen molar-refractivity contribution in [2.45, 2.75) is 19.8 Å². The third-order valence-electron chi connectivity index (χ3n) is 4.23. The maximum atomic E-state index is 12.6. The topological polar surface area (TPSA) is 40.6 Å². The van der Waals surface area contributed by atoms with Crippen LogP contribution in [0.1, 0.15) is 28.8 Å². The molecule has 0 aromatic heterocycles. The fourth-order valence-corrected chi connectivity index (χ4v) is 2.78. The van der Waals surface area contributed by atoms with Crippen LogP contribution >= 0.6 is 0 Å². The molecule has 1 aliphatic rings. The highest BCUT2D eigenvalue weighted by Gasteiger charge is 2.22. The molecule has 23 heavy (non-hydrogen) atoms. The lowest BCUT2D eigenvalue weighted by Crippen LogP contribution is -2.26. The SMILES string of the molecule is Cc1ccc(N(C)C(=O)c2ccc(N3CCCC3=O)cc2)cc1. The van der Waals surface area contributed by atoms with Crippen LogP contribution in [-0.4, -0.2) is 25.4 Å². The molecule has 3 rings (SSSR count). The molecule has 4 nitrogen and oxygen atoms in total. The molecule has 0 saturated carbocycles. The quantitative estimate of drug-likeness (QED) is 0.872. The van der Waals surface area contributed by atoms with E-state index in [2.05, 4.69) is 0 Å². The van der Waals surface area contributed by atoms with Crippen LogP contribution < -0.4 is 9.80 Å². The van der Waals surface area contributed by atoms with Gasteiger partial charge in [0, 0.05) is 37.0 Å². The summed E-state index contributed by atoms with van der Waals surface area (Å²) < 4.78 is 0. The van der Waals surface area contributed by atoms with Gasteiger partial charge in [0.2, 0.25) is 5.91 Å². The maximum absolute atomic E-state index is 12.6. The molecule has 1 saturated heterocycles. The molecule has 0 atom stereocenters. The van der Waals surface area contributed by atoms with Crippen molar-refractivity contribution in [2.24, 2.45) is 0 Å². The van der Waals surface area contributed by atoms with Gasteiger partial charge in [0.15, 0.2) is 0 Å². The number of hydrogen-bond donors (Lipinski definition) is 0. The van der Waals surface area contributed by atoms with Crippen molar-refractivity contribution in [1.29, 1.82) is 0 Å². The number of nitrogens with zero attached hydrogens (tertiary/aromatic N) is 2. The predicted molar refractivity (Wildman–Crippen MR) is 91.9 cm³/mol. The number of benzene rings is 2. The minimum Gasteiger partial charge on any atom is -0.312 e. The molecule has 1 heterocycles. The molecule has 0 unspecified atom stereocenters. The Hall–Kier alpha value is -2.62. The fourth-order valence-electron chi connectivity index (χ4n) is 2.78. The minimum absolute atomic E-state index is 0.0619. The molecule has 2 aromatic rings. The summed E-state index contributed by atoms with van der Waals surface area (Å²) in [6, 6.07) is 15.1. The Bertz CT molecular complexity index is 720. The van der Waals surface area contributed by atoms with Gasteiger partial charge >= 0.3 is 0 Å². The molecule has 0 radical (unpaired) electrons. The van der Waals surface area contributed by atoms with E-state index in [0.717, 1.165) is 29.9 Å². The summed E-state index contributed by atoms with van der Waals surface area (Å²) >= 11 is 0. The Labute approximate surface area is 136 Å². The second-order valence-corrected chi connectivity index (χ2v) is 5.90. The van der Waals surface area contributed by atoms with E-state index in [1.807, 2.05) is 43.3 Å². The molecule has 118 valence electrons. The van der Waals surface area contributed by atoms with Crippen molar-refractivity contribution in [1.82, 2.24) is 0 Å². The molecular weight excluding hydrogens is 288 g/mol. The van der Waals surface area contributed by atoms with E-state index in [4.69, 9.17) is 0 Å². The van der Waals surface area contributed by atoms with Crippen molar-refractivity contribution in [3.8, 4) is 0 Å². The van der Waals surface area contributed by atoms with Gasteiger partial charge in [0.1, 0.15) is 0 Å². The second-order valence-electron chi connectivity index (χ2n) is 5.90. The number of rotatable bonds is 3. The van der Waals surface area contributed by atoms with Crippen LogP contribution in [0.3, 0.4) is 0 Å². The normalized spacial score (nSPS) is 14.2. The first-order chi connectivity index (χ1) is 11.1. The van der Waals surface area contributed by atoms with E-state index in [9.17, 15) is 9.59 Å². The summed E-state index contributed by atoms with van der Waals surface area (Å²) in [5, 5.41) is 0. The number of hydrogen-bond acceptors (Lipinski definition) is 2. The molecule has 2 aromatic carbocycles. The lowest BCUT2D eigenvalue weighted by molar-refractivity contribution is -0.117. The van der Waals surface area contributed by atoms with Crippen LogP contribution in [0.15, 0.2) is 48.5 Å². The monoisotopic (exact) mass is 308 g/mol. The third-order valence-corrected chi connectivity index (χ3v) is 4.23. The Morgan fingerprint density at radius 2 is 1.70 bits per heavy atom. The molecule has 4 heteroatoms. The van der Waals surface area contributed by atoms with E-state index in [1.54, 1.807) is 29.0 Å². The van der Waals surface area contributed by atoms with Crippen LogP contribution in [0.5, 0.6) is 0 Å². The van der Waals surface area contributed by atoms with Crippen LogP contribution in [0.2, 0.25) is 0 Å². The van der Waals surface area contributed by atoms with Crippen molar-refractivity contribution >= 4 is 23.2 Å². The van der Waals surface area contributed by atoms with Crippen LogP contribution in [0, 0.1) is 6.92 Å². The molecule has 0 aliphatic carbocycles.